The summed E-state index contributed by atoms with van der Waals surface area (Å²) in [6.07, 6.45) is 3.78. The van der Waals surface area contributed by atoms with E-state index in [9.17, 15) is 9.59 Å². The van der Waals surface area contributed by atoms with E-state index in [2.05, 4.69) is 5.32 Å². The minimum Gasteiger partial charge on any atom is -0.378 e. The Morgan fingerprint density at radius 3 is 2.78 bits per heavy atom. The second-order valence-electron chi connectivity index (χ2n) is 5.33. The highest BCUT2D eigenvalue weighted by atomic mass is 16.5. The van der Waals surface area contributed by atoms with Gasteiger partial charge in [0.2, 0.25) is 11.8 Å². The van der Waals surface area contributed by atoms with Gasteiger partial charge in [0, 0.05) is 12.6 Å². The summed E-state index contributed by atoms with van der Waals surface area (Å²) in [6.45, 7) is 5.32. The molecule has 0 aliphatic carbocycles. The van der Waals surface area contributed by atoms with Crippen molar-refractivity contribution < 1.29 is 14.3 Å². The monoisotopic (exact) mass is 254 g/mol. The quantitative estimate of drug-likeness (QED) is 0.733. The fourth-order valence-electron chi connectivity index (χ4n) is 2.64. The number of likely N-dealkylation sites (tertiary alicyclic amines) is 1. The highest BCUT2D eigenvalue weighted by Gasteiger charge is 2.39. The van der Waals surface area contributed by atoms with E-state index in [0.29, 0.717) is 12.5 Å². The third-order valence-electron chi connectivity index (χ3n) is 3.58. The van der Waals surface area contributed by atoms with Crippen LogP contribution in [-0.4, -0.2) is 48.1 Å². The maximum absolute atomic E-state index is 12.0. The summed E-state index contributed by atoms with van der Waals surface area (Å²) in [4.78, 5) is 25.1. The molecule has 0 saturated carbocycles. The van der Waals surface area contributed by atoms with Gasteiger partial charge in [0.15, 0.2) is 0 Å². The molecule has 2 aliphatic heterocycles. The highest BCUT2D eigenvalue weighted by molar-refractivity contribution is 6.05. The van der Waals surface area contributed by atoms with E-state index >= 15 is 0 Å². The molecule has 0 aromatic rings. The fourth-order valence-corrected chi connectivity index (χ4v) is 2.64. The Labute approximate surface area is 108 Å². The summed E-state index contributed by atoms with van der Waals surface area (Å²) in [5.41, 5.74) is 0. The molecule has 0 spiro atoms. The van der Waals surface area contributed by atoms with Crippen LogP contribution in [0.15, 0.2) is 0 Å². The van der Waals surface area contributed by atoms with Crippen molar-refractivity contribution >= 4 is 11.8 Å². The normalized spacial score (nSPS) is 28.7. The Bertz CT molecular complexity index is 324. The largest absolute Gasteiger partial charge is 0.378 e. The molecular weight excluding hydrogens is 232 g/mol. The molecule has 0 radical (unpaired) electrons. The first-order valence-electron chi connectivity index (χ1n) is 6.80. The van der Waals surface area contributed by atoms with Gasteiger partial charge in [-0.05, 0) is 39.7 Å². The molecule has 0 aromatic carbocycles. The first kappa shape index (κ1) is 13.5. The van der Waals surface area contributed by atoms with Crippen LogP contribution in [0.3, 0.4) is 0 Å². The lowest BCUT2D eigenvalue weighted by molar-refractivity contribution is -0.140. The molecule has 0 bridgehead atoms. The lowest BCUT2D eigenvalue weighted by Gasteiger charge is -2.19. The van der Waals surface area contributed by atoms with Crippen LogP contribution in [0, 0.1) is 0 Å². The molecular formula is C13H22N2O3. The van der Waals surface area contributed by atoms with Crippen LogP contribution in [0.1, 0.15) is 39.5 Å². The number of rotatable bonds is 5. The van der Waals surface area contributed by atoms with Gasteiger partial charge in [-0.15, -0.1) is 0 Å². The number of imide groups is 1. The van der Waals surface area contributed by atoms with E-state index in [-0.39, 0.29) is 23.9 Å². The summed E-state index contributed by atoms with van der Waals surface area (Å²) in [7, 11) is 0. The zero-order valence-corrected chi connectivity index (χ0v) is 11.1. The first-order chi connectivity index (χ1) is 8.59. The number of carbonyl (C=O) groups excluding carboxylic acids is 2. The van der Waals surface area contributed by atoms with E-state index in [1.807, 2.05) is 13.8 Å². The smallest absolute Gasteiger partial charge is 0.247 e. The van der Waals surface area contributed by atoms with E-state index in [1.165, 1.54) is 4.90 Å². The number of nitrogens with one attached hydrogen (secondary N) is 1. The fraction of sp³-hybridized carbons (Fsp3) is 0.846. The lowest BCUT2D eigenvalue weighted by atomic mass is 10.1. The third kappa shape index (κ3) is 2.90. The molecule has 2 fully saturated rings. The van der Waals surface area contributed by atoms with Gasteiger partial charge in [0.1, 0.15) is 0 Å². The molecule has 2 heterocycles. The van der Waals surface area contributed by atoms with Crippen molar-refractivity contribution in [1.82, 2.24) is 10.2 Å². The van der Waals surface area contributed by atoms with Crippen molar-refractivity contribution in [3.05, 3.63) is 0 Å². The third-order valence-corrected chi connectivity index (χ3v) is 3.58. The Morgan fingerprint density at radius 1 is 1.44 bits per heavy atom. The average molecular weight is 254 g/mol. The zero-order valence-electron chi connectivity index (χ0n) is 11.1. The summed E-state index contributed by atoms with van der Waals surface area (Å²) in [5.74, 6) is -0.146. The molecule has 1 N–H and O–H groups in total. The van der Waals surface area contributed by atoms with Crippen molar-refractivity contribution in [2.75, 3.05) is 13.2 Å². The molecule has 2 aliphatic rings. The maximum atomic E-state index is 12.0. The topological polar surface area (TPSA) is 58.6 Å². The summed E-state index contributed by atoms with van der Waals surface area (Å²) >= 11 is 0. The molecule has 0 aromatic heterocycles. The van der Waals surface area contributed by atoms with Crippen LogP contribution in [-0.2, 0) is 14.3 Å². The van der Waals surface area contributed by atoms with Crippen LogP contribution < -0.4 is 5.32 Å². The second-order valence-corrected chi connectivity index (χ2v) is 5.33. The van der Waals surface area contributed by atoms with Crippen LogP contribution >= 0.6 is 0 Å². The molecule has 2 rings (SSSR count). The predicted molar refractivity (Wildman–Crippen MR) is 67.0 cm³/mol. The van der Waals surface area contributed by atoms with E-state index < -0.39 is 0 Å². The van der Waals surface area contributed by atoms with Crippen molar-refractivity contribution in [2.45, 2.75) is 57.7 Å². The van der Waals surface area contributed by atoms with Gasteiger partial charge in [-0.1, -0.05) is 0 Å². The van der Waals surface area contributed by atoms with Gasteiger partial charge in [-0.3, -0.25) is 14.5 Å². The van der Waals surface area contributed by atoms with E-state index in [0.717, 1.165) is 32.4 Å². The molecule has 102 valence electrons. The van der Waals surface area contributed by atoms with Crippen molar-refractivity contribution in [2.24, 2.45) is 0 Å². The van der Waals surface area contributed by atoms with Gasteiger partial charge in [0.25, 0.3) is 0 Å². The van der Waals surface area contributed by atoms with Crippen molar-refractivity contribution in [3.8, 4) is 0 Å². The minimum absolute atomic E-state index is 0.0463. The summed E-state index contributed by atoms with van der Waals surface area (Å²) < 4.78 is 5.52. The molecule has 2 atom stereocenters. The molecule has 2 saturated heterocycles. The Morgan fingerprint density at radius 2 is 2.22 bits per heavy atom. The van der Waals surface area contributed by atoms with Crippen LogP contribution in [0.2, 0.25) is 0 Å². The molecule has 2 unspecified atom stereocenters. The molecule has 5 heteroatoms. The van der Waals surface area contributed by atoms with Crippen molar-refractivity contribution in [1.29, 1.82) is 0 Å². The predicted octanol–water partition coefficient (Wildman–Crippen LogP) is 0.681. The number of hydrogen-bond donors (Lipinski definition) is 1. The van der Waals surface area contributed by atoms with Crippen molar-refractivity contribution in [3.63, 3.8) is 0 Å². The van der Waals surface area contributed by atoms with E-state index in [4.69, 9.17) is 4.74 Å². The number of ether oxygens (including phenoxy) is 1. The van der Waals surface area contributed by atoms with Crippen LogP contribution in [0.25, 0.3) is 0 Å². The van der Waals surface area contributed by atoms with Gasteiger partial charge in [-0.25, -0.2) is 0 Å². The standard InChI is InChI=1S/C13H22N2O3/c1-9(2)15-12(16)8-11(13(15)17)14-6-5-10-4-3-7-18-10/h9-11,14H,3-8H2,1-2H3. The number of hydrogen-bond acceptors (Lipinski definition) is 4. The van der Waals surface area contributed by atoms with Gasteiger partial charge in [0.05, 0.1) is 18.6 Å². The minimum atomic E-state index is -0.332. The number of nitrogens with zero attached hydrogens (tertiary/aromatic N) is 1. The Kier molecular flexibility index (Phi) is 4.35. The van der Waals surface area contributed by atoms with Gasteiger partial charge < -0.3 is 10.1 Å². The van der Waals surface area contributed by atoms with Crippen LogP contribution in [0.5, 0.6) is 0 Å². The first-order valence-corrected chi connectivity index (χ1v) is 6.80. The molecule has 2 amide bonds. The Hall–Kier alpha value is -0.940. The summed E-state index contributed by atoms with van der Waals surface area (Å²) in [5, 5.41) is 3.18. The second kappa shape index (κ2) is 5.80. The average Bonchev–Trinajstić information content (AvgIpc) is 2.88. The number of carbonyl (C=O) groups is 2. The molecule has 5 nitrogen and oxygen atoms in total. The van der Waals surface area contributed by atoms with Crippen LogP contribution in [0.4, 0.5) is 0 Å². The highest BCUT2D eigenvalue weighted by Crippen LogP contribution is 2.17. The van der Waals surface area contributed by atoms with E-state index in [1.54, 1.807) is 0 Å². The molecule has 18 heavy (non-hydrogen) atoms. The maximum Gasteiger partial charge on any atom is 0.247 e. The SMILES string of the molecule is CC(C)N1C(=O)CC(NCCC2CCCO2)C1=O. The van der Waals surface area contributed by atoms with Gasteiger partial charge >= 0.3 is 0 Å². The van der Waals surface area contributed by atoms with Gasteiger partial charge in [-0.2, -0.15) is 0 Å². The Balaban J connectivity index is 1.76. The number of amides is 2. The lowest BCUT2D eigenvalue weighted by Crippen LogP contribution is -2.42. The zero-order chi connectivity index (χ0) is 13.1. The summed E-state index contributed by atoms with van der Waals surface area (Å²) in [6, 6.07) is -0.378.